The van der Waals surface area contributed by atoms with Crippen LogP contribution in [0.2, 0.25) is 5.02 Å². The minimum absolute atomic E-state index is 0.128. The summed E-state index contributed by atoms with van der Waals surface area (Å²) in [5.74, 6) is 0.808. The van der Waals surface area contributed by atoms with Crippen LogP contribution < -0.4 is 10.2 Å². The van der Waals surface area contributed by atoms with Crippen molar-refractivity contribution >= 4 is 28.9 Å². The summed E-state index contributed by atoms with van der Waals surface area (Å²) in [6.45, 7) is 9.50. The van der Waals surface area contributed by atoms with Crippen LogP contribution in [-0.2, 0) is 4.79 Å². The number of hydrogen-bond acceptors (Lipinski definition) is 3. The van der Waals surface area contributed by atoms with Gasteiger partial charge in [-0.1, -0.05) is 25.4 Å². The Morgan fingerprint density at radius 2 is 2.00 bits per heavy atom. The lowest BCUT2D eigenvalue weighted by molar-refractivity contribution is -0.117. The van der Waals surface area contributed by atoms with E-state index in [1.165, 1.54) is 0 Å². The van der Waals surface area contributed by atoms with Crippen molar-refractivity contribution in [1.29, 1.82) is 0 Å². The summed E-state index contributed by atoms with van der Waals surface area (Å²) in [6, 6.07) is 5.79. The summed E-state index contributed by atoms with van der Waals surface area (Å²) in [6.07, 6.45) is 0.997. The van der Waals surface area contributed by atoms with Crippen LogP contribution in [0.15, 0.2) is 18.2 Å². The maximum absolute atomic E-state index is 12.2. The smallest absolute Gasteiger partial charge is 0.227 e. The first kappa shape index (κ1) is 15.6. The number of anilines is 2. The van der Waals surface area contributed by atoms with E-state index in [0.717, 1.165) is 50.5 Å². The van der Waals surface area contributed by atoms with Crippen LogP contribution in [0, 0.1) is 11.8 Å². The molecule has 1 aromatic rings. The number of halogens is 1. The topological polar surface area (TPSA) is 35.6 Å². The van der Waals surface area contributed by atoms with Gasteiger partial charge in [-0.2, -0.15) is 0 Å². The van der Waals surface area contributed by atoms with Crippen molar-refractivity contribution in [3.05, 3.63) is 23.2 Å². The van der Waals surface area contributed by atoms with Gasteiger partial charge in [-0.25, -0.2) is 0 Å². The molecule has 1 aliphatic heterocycles. The Morgan fingerprint density at radius 3 is 2.59 bits per heavy atom. The number of carbonyl (C=O) groups excluding carboxylic acids is 1. The Hall–Kier alpha value is -1.26. The van der Waals surface area contributed by atoms with Gasteiger partial charge in [0.05, 0.1) is 11.4 Å². The number of nitrogens with zero attached hydrogens (tertiary/aromatic N) is 2. The average Bonchev–Trinajstić information content (AvgIpc) is 3.25. The maximum Gasteiger partial charge on any atom is 0.227 e. The molecule has 1 N–H and O–H groups in total. The zero-order chi connectivity index (χ0) is 15.7. The zero-order valence-corrected chi connectivity index (χ0v) is 14.1. The van der Waals surface area contributed by atoms with Crippen molar-refractivity contribution in [2.45, 2.75) is 20.3 Å². The SMILES string of the molecule is CCN1CCN(c2ccc(Cl)cc2NC(=O)C2CC2C)CC1. The Kier molecular flexibility index (Phi) is 4.59. The largest absolute Gasteiger partial charge is 0.367 e. The second-order valence-corrected chi connectivity index (χ2v) is 6.83. The number of benzene rings is 1. The molecule has 0 aromatic heterocycles. The van der Waals surface area contributed by atoms with Crippen molar-refractivity contribution < 1.29 is 4.79 Å². The highest BCUT2D eigenvalue weighted by atomic mass is 35.5. The summed E-state index contributed by atoms with van der Waals surface area (Å²) in [4.78, 5) is 17.0. The summed E-state index contributed by atoms with van der Waals surface area (Å²) in [7, 11) is 0. The lowest BCUT2D eigenvalue weighted by Crippen LogP contribution is -2.46. The molecule has 2 fully saturated rings. The Balaban J connectivity index is 1.74. The second-order valence-electron chi connectivity index (χ2n) is 6.39. The number of hydrogen-bond donors (Lipinski definition) is 1. The Morgan fingerprint density at radius 1 is 1.32 bits per heavy atom. The fourth-order valence-corrected chi connectivity index (χ4v) is 3.27. The molecule has 1 saturated carbocycles. The van der Waals surface area contributed by atoms with Gasteiger partial charge in [-0.15, -0.1) is 0 Å². The molecule has 1 aliphatic carbocycles. The minimum atomic E-state index is 0.128. The number of amides is 1. The second kappa shape index (κ2) is 6.47. The Bertz CT molecular complexity index is 555. The number of nitrogens with one attached hydrogen (secondary N) is 1. The minimum Gasteiger partial charge on any atom is -0.367 e. The predicted molar refractivity (Wildman–Crippen MR) is 91.7 cm³/mol. The fraction of sp³-hybridized carbons (Fsp3) is 0.588. The zero-order valence-electron chi connectivity index (χ0n) is 13.3. The first-order valence-electron chi connectivity index (χ1n) is 8.16. The van der Waals surface area contributed by atoms with E-state index in [4.69, 9.17) is 11.6 Å². The fourth-order valence-electron chi connectivity index (χ4n) is 3.10. The molecule has 5 heteroatoms. The summed E-state index contributed by atoms with van der Waals surface area (Å²) in [5.41, 5.74) is 1.93. The number of carbonyl (C=O) groups is 1. The van der Waals surface area contributed by atoms with Crippen LogP contribution >= 0.6 is 11.6 Å². The van der Waals surface area contributed by atoms with E-state index in [1.54, 1.807) is 0 Å². The van der Waals surface area contributed by atoms with E-state index in [-0.39, 0.29) is 11.8 Å². The lowest BCUT2D eigenvalue weighted by atomic mass is 10.2. The number of likely N-dealkylation sites (N-methyl/N-ethyl adjacent to an activating group) is 1. The molecular formula is C17H24ClN3O. The van der Waals surface area contributed by atoms with Crippen molar-refractivity contribution in [2.24, 2.45) is 11.8 Å². The molecule has 0 bridgehead atoms. The van der Waals surface area contributed by atoms with E-state index in [0.29, 0.717) is 10.9 Å². The first-order chi connectivity index (χ1) is 10.6. The van der Waals surface area contributed by atoms with Crippen LogP contribution in [0.1, 0.15) is 20.3 Å². The quantitative estimate of drug-likeness (QED) is 0.925. The molecule has 2 aliphatic rings. The molecular weight excluding hydrogens is 298 g/mol. The van der Waals surface area contributed by atoms with E-state index >= 15 is 0 Å². The van der Waals surface area contributed by atoms with Gasteiger partial charge in [0.15, 0.2) is 0 Å². The summed E-state index contributed by atoms with van der Waals surface area (Å²) < 4.78 is 0. The molecule has 22 heavy (non-hydrogen) atoms. The number of rotatable bonds is 4. The predicted octanol–water partition coefficient (Wildman–Crippen LogP) is 3.08. The molecule has 1 aromatic carbocycles. The van der Waals surface area contributed by atoms with Crippen molar-refractivity contribution in [1.82, 2.24) is 4.90 Å². The van der Waals surface area contributed by atoms with Gasteiger partial charge in [-0.3, -0.25) is 4.79 Å². The van der Waals surface area contributed by atoms with Gasteiger partial charge < -0.3 is 15.1 Å². The molecule has 3 rings (SSSR count). The van der Waals surface area contributed by atoms with Crippen LogP contribution in [-0.4, -0.2) is 43.5 Å². The molecule has 1 saturated heterocycles. The highest BCUT2D eigenvalue weighted by Crippen LogP contribution is 2.39. The van der Waals surface area contributed by atoms with Crippen molar-refractivity contribution in [3.8, 4) is 0 Å². The van der Waals surface area contributed by atoms with E-state index in [9.17, 15) is 4.79 Å². The average molecular weight is 322 g/mol. The van der Waals surface area contributed by atoms with Gasteiger partial charge in [0.1, 0.15) is 0 Å². The molecule has 0 spiro atoms. The monoisotopic (exact) mass is 321 g/mol. The van der Waals surface area contributed by atoms with Crippen LogP contribution in [0.25, 0.3) is 0 Å². The lowest BCUT2D eigenvalue weighted by Gasteiger charge is -2.36. The Labute approximate surface area is 137 Å². The van der Waals surface area contributed by atoms with Gasteiger partial charge in [0, 0.05) is 37.1 Å². The van der Waals surface area contributed by atoms with Crippen LogP contribution in [0.4, 0.5) is 11.4 Å². The van der Waals surface area contributed by atoms with Gasteiger partial charge in [0.25, 0.3) is 0 Å². The van der Waals surface area contributed by atoms with E-state index in [2.05, 4.69) is 29.0 Å². The van der Waals surface area contributed by atoms with Gasteiger partial charge in [0.2, 0.25) is 5.91 Å². The normalized spacial score (nSPS) is 25.1. The molecule has 120 valence electrons. The summed E-state index contributed by atoms with van der Waals surface area (Å²) >= 11 is 6.13. The highest BCUT2D eigenvalue weighted by Gasteiger charge is 2.39. The van der Waals surface area contributed by atoms with Crippen LogP contribution in [0.3, 0.4) is 0 Å². The van der Waals surface area contributed by atoms with E-state index < -0.39 is 0 Å². The maximum atomic E-state index is 12.2. The molecule has 2 atom stereocenters. The third-order valence-corrected chi connectivity index (χ3v) is 5.06. The summed E-state index contributed by atoms with van der Waals surface area (Å²) in [5, 5.41) is 3.75. The van der Waals surface area contributed by atoms with Gasteiger partial charge >= 0.3 is 0 Å². The molecule has 1 heterocycles. The number of piperazine rings is 1. The van der Waals surface area contributed by atoms with E-state index in [1.807, 2.05) is 18.2 Å². The first-order valence-corrected chi connectivity index (χ1v) is 8.54. The van der Waals surface area contributed by atoms with Gasteiger partial charge in [-0.05, 0) is 37.1 Å². The van der Waals surface area contributed by atoms with Crippen LogP contribution in [0.5, 0.6) is 0 Å². The van der Waals surface area contributed by atoms with Crippen molar-refractivity contribution in [2.75, 3.05) is 42.9 Å². The van der Waals surface area contributed by atoms with Crippen molar-refractivity contribution in [3.63, 3.8) is 0 Å². The third kappa shape index (κ3) is 3.39. The third-order valence-electron chi connectivity index (χ3n) is 4.82. The molecule has 2 unspecified atom stereocenters. The molecule has 4 nitrogen and oxygen atoms in total. The molecule has 1 amide bonds. The standard InChI is InChI=1S/C17H24ClN3O/c1-3-20-6-8-21(9-7-20)16-5-4-13(18)11-15(16)19-17(22)14-10-12(14)2/h4-5,11-12,14H,3,6-10H2,1-2H3,(H,19,22). The molecule has 0 radical (unpaired) electrons. The highest BCUT2D eigenvalue weighted by molar-refractivity contribution is 6.31.